The van der Waals surface area contributed by atoms with Gasteiger partial charge >= 0.3 is 0 Å². The van der Waals surface area contributed by atoms with Crippen LogP contribution in [0.4, 0.5) is 11.4 Å². The molecule has 0 saturated carbocycles. The number of thiophene rings is 1. The Hall–Kier alpha value is -1.88. The van der Waals surface area contributed by atoms with Crippen LogP contribution < -0.4 is 20.5 Å². The van der Waals surface area contributed by atoms with E-state index in [9.17, 15) is 0 Å². The van der Waals surface area contributed by atoms with Gasteiger partial charge in [0.1, 0.15) is 0 Å². The van der Waals surface area contributed by atoms with Gasteiger partial charge in [0.05, 0.1) is 20.3 Å². The minimum absolute atomic E-state index is 0.620. The van der Waals surface area contributed by atoms with Crippen LogP contribution in [-0.2, 0) is 6.54 Å². The van der Waals surface area contributed by atoms with Crippen molar-refractivity contribution in [3.63, 3.8) is 0 Å². The monoisotopic (exact) mass is 278 g/mol. The van der Waals surface area contributed by atoms with Gasteiger partial charge in [0.15, 0.2) is 11.5 Å². The van der Waals surface area contributed by atoms with Crippen LogP contribution in [0.2, 0.25) is 0 Å². The highest BCUT2D eigenvalue weighted by atomic mass is 32.1. The van der Waals surface area contributed by atoms with Crippen LogP contribution in [0, 0.1) is 0 Å². The first kappa shape index (κ1) is 13.5. The van der Waals surface area contributed by atoms with Crippen molar-refractivity contribution >= 4 is 22.7 Å². The van der Waals surface area contributed by atoms with Crippen LogP contribution in [0.15, 0.2) is 29.6 Å². The quantitative estimate of drug-likeness (QED) is 0.851. The van der Waals surface area contributed by atoms with E-state index in [4.69, 9.17) is 15.2 Å². The van der Waals surface area contributed by atoms with E-state index in [0.717, 1.165) is 27.8 Å². The van der Waals surface area contributed by atoms with Gasteiger partial charge in [-0.1, -0.05) is 0 Å². The van der Waals surface area contributed by atoms with Gasteiger partial charge in [0, 0.05) is 22.3 Å². The number of anilines is 2. The maximum atomic E-state index is 5.85. The standard InChI is InChI=1S/C14H18N2O2S/c1-3-18-12-5-4-10(8-13(12)17-2)16-9-14-11(15)6-7-19-14/h4-8,16H,3,9,15H2,1-2H3. The number of nitrogens with one attached hydrogen (secondary N) is 1. The first-order chi connectivity index (χ1) is 9.24. The van der Waals surface area contributed by atoms with E-state index in [1.54, 1.807) is 18.4 Å². The number of hydrogen-bond acceptors (Lipinski definition) is 5. The predicted octanol–water partition coefficient (Wildman–Crippen LogP) is 3.35. The molecule has 0 aliphatic rings. The number of benzene rings is 1. The Bertz CT molecular complexity index is 540. The molecule has 0 atom stereocenters. The molecule has 0 aliphatic heterocycles. The molecule has 0 amide bonds. The lowest BCUT2D eigenvalue weighted by Crippen LogP contribution is -2.01. The second kappa shape index (κ2) is 6.33. The van der Waals surface area contributed by atoms with Gasteiger partial charge in [-0.25, -0.2) is 0 Å². The number of hydrogen-bond donors (Lipinski definition) is 2. The molecule has 3 N–H and O–H groups in total. The van der Waals surface area contributed by atoms with E-state index in [2.05, 4.69) is 5.32 Å². The second-order valence-electron chi connectivity index (χ2n) is 3.95. The average Bonchev–Trinajstić information content (AvgIpc) is 2.83. The maximum absolute atomic E-state index is 5.85. The Morgan fingerprint density at radius 2 is 2.11 bits per heavy atom. The zero-order valence-electron chi connectivity index (χ0n) is 11.1. The van der Waals surface area contributed by atoms with Gasteiger partial charge < -0.3 is 20.5 Å². The number of nitrogens with two attached hydrogens (primary N) is 1. The molecule has 0 unspecified atom stereocenters. The summed E-state index contributed by atoms with van der Waals surface area (Å²) < 4.78 is 10.8. The third-order valence-electron chi connectivity index (χ3n) is 2.70. The molecule has 4 nitrogen and oxygen atoms in total. The fourth-order valence-corrected chi connectivity index (χ4v) is 2.47. The van der Waals surface area contributed by atoms with Crippen LogP contribution in [0.3, 0.4) is 0 Å². The van der Waals surface area contributed by atoms with E-state index >= 15 is 0 Å². The molecule has 2 aromatic rings. The van der Waals surface area contributed by atoms with Crippen LogP contribution in [-0.4, -0.2) is 13.7 Å². The molecular formula is C14H18N2O2S. The summed E-state index contributed by atoms with van der Waals surface area (Å²) in [4.78, 5) is 1.13. The number of methoxy groups -OCH3 is 1. The van der Waals surface area contributed by atoms with Crippen molar-refractivity contribution in [2.75, 3.05) is 24.8 Å². The normalized spacial score (nSPS) is 10.2. The highest BCUT2D eigenvalue weighted by Crippen LogP contribution is 2.30. The summed E-state index contributed by atoms with van der Waals surface area (Å²) in [6, 6.07) is 7.72. The van der Waals surface area contributed by atoms with Gasteiger partial charge in [-0.3, -0.25) is 0 Å². The Morgan fingerprint density at radius 1 is 1.26 bits per heavy atom. The SMILES string of the molecule is CCOc1ccc(NCc2sccc2N)cc1OC. The molecule has 1 aromatic heterocycles. The van der Waals surface area contributed by atoms with E-state index in [0.29, 0.717) is 13.2 Å². The third kappa shape index (κ3) is 3.32. The van der Waals surface area contributed by atoms with Crippen molar-refractivity contribution in [2.45, 2.75) is 13.5 Å². The van der Waals surface area contributed by atoms with Crippen LogP contribution in [0.5, 0.6) is 11.5 Å². The summed E-state index contributed by atoms with van der Waals surface area (Å²) >= 11 is 1.65. The van der Waals surface area contributed by atoms with Crippen molar-refractivity contribution in [3.05, 3.63) is 34.5 Å². The van der Waals surface area contributed by atoms with E-state index in [1.807, 2.05) is 36.6 Å². The second-order valence-corrected chi connectivity index (χ2v) is 4.95. The van der Waals surface area contributed by atoms with Crippen molar-refractivity contribution in [1.82, 2.24) is 0 Å². The molecule has 1 aromatic carbocycles. The molecule has 0 aliphatic carbocycles. The summed E-state index contributed by atoms with van der Waals surface area (Å²) in [5, 5.41) is 5.32. The van der Waals surface area contributed by atoms with Crippen molar-refractivity contribution in [3.8, 4) is 11.5 Å². The molecule has 0 spiro atoms. The maximum Gasteiger partial charge on any atom is 0.162 e. The van der Waals surface area contributed by atoms with Gasteiger partial charge in [-0.2, -0.15) is 0 Å². The summed E-state index contributed by atoms with van der Waals surface area (Å²) in [7, 11) is 1.64. The molecule has 102 valence electrons. The summed E-state index contributed by atoms with van der Waals surface area (Å²) in [5.74, 6) is 1.48. The van der Waals surface area contributed by atoms with Crippen LogP contribution in [0.1, 0.15) is 11.8 Å². The van der Waals surface area contributed by atoms with Crippen molar-refractivity contribution in [1.29, 1.82) is 0 Å². The number of rotatable bonds is 6. The molecule has 0 fully saturated rings. The van der Waals surface area contributed by atoms with E-state index < -0.39 is 0 Å². The molecular weight excluding hydrogens is 260 g/mol. The first-order valence-corrected chi connectivity index (χ1v) is 6.99. The summed E-state index contributed by atoms with van der Waals surface area (Å²) in [5.41, 5.74) is 7.66. The lowest BCUT2D eigenvalue weighted by molar-refractivity contribution is 0.311. The van der Waals surface area contributed by atoms with Gasteiger partial charge in [0.25, 0.3) is 0 Å². The molecule has 5 heteroatoms. The predicted molar refractivity (Wildman–Crippen MR) is 80.2 cm³/mol. The molecule has 0 bridgehead atoms. The third-order valence-corrected chi connectivity index (χ3v) is 3.63. The number of ether oxygens (including phenoxy) is 2. The lowest BCUT2D eigenvalue weighted by atomic mass is 10.2. The zero-order chi connectivity index (χ0) is 13.7. The molecule has 0 saturated heterocycles. The van der Waals surface area contributed by atoms with Gasteiger partial charge in [-0.15, -0.1) is 11.3 Å². The summed E-state index contributed by atoms with van der Waals surface area (Å²) in [6.45, 7) is 3.28. The highest BCUT2D eigenvalue weighted by Gasteiger charge is 2.06. The van der Waals surface area contributed by atoms with Crippen molar-refractivity contribution in [2.24, 2.45) is 0 Å². The minimum Gasteiger partial charge on any atom is -0.493 e. The topological polar surface area (TPSA) is 56.5 Å². The average molecular weight is 278 g/mol. The largest absolute Gasteiger partial charge is 0.493 e. The van der Waals surface area contributed by atoms with E-state index in [-0.39, 0.29) is 0 Å². The lowest BCUT2D eigenvalue weighted by Gasteiger charge is -2.12. The highest BCUT2D eigenvalue weighted by molar-refractivity contribution is 7.10. The Labute approximate surface area is 117 Å². The Morgan fingerprint density at radius 3 is 2.74 bits per heavy atom. The Balaban J connectivity index is 2.07. The number of nitrogen functional groups attached to an aromatic ring is 1. The fourth-order valence-electron chi connectivity index (χ4n) is 1.73. The first-order valence-electron chi connectivity index (χ1n) is 6.11. The van der Waals surface area contributed by atoms with E-state index in [1.165, 1.54) is 0 Å². The van der Waals surface area contributed by atoms with Gasteiger partial charge in [-0.05, 0) is 30.5 Å². The smallest absolute Gasteiger partial charge is 0.162 e. The summed E-state index contributed by atoms with van der Waals surface area (Å²) in [6.07, 6.45) is 0. The molecule has 2 rings (SSSR count). The Kier molecular flexibility index (Phi) is 4.52. The fraction of sp³-hybridized carbons (Fsp3) is 0.286. The molecule has 19 heavy (non-hydrogen) atoms. The minimum atomic E-state index is 0.620. The molecule has 1 heterocycles. The molecule has 0 radical (unpaired) electrons. The van der Waals surface area contributed by atoms with Crippen LogP contribution >= 0.6 is 11.3 Å². The zero-order valence-corrected chi connectivity index (χ0v) is 11.9. The van der Waals surface area contributed by atoms with Gasteiger partial charge in [0.2, 0.25) is 0 Å². The van der Waals surface area contributed by atoms with Crippen LogP contribution in [0.25, 0.3) is 0 Å². The van der Waals surface area contributed by atoms with Crippen molar-refractivity contribution < 1.29 is 9.47 Å².